The summed E-state index contributed by atoms with van der Waals surface area (Å²) in [5, 5.41) is 18.9. The Bertz CT molecular complexity index is 1530. The van der Waals surface area contributed by atoms with Crippen molar-refractivity contribution in [2.75, 3.05) is 6.61 Å². The minimum absolute atomic E-state index is 0.0647. The second-order valence-electron chi connectivity index (χ2n) is 16.0. The van der Waals surface area contributed by atoms with Crippen molar-refractivity contribution in [2.45, 2.75) is 106 Å². The summed E-state index contributed by atoms with van der Waals surface area (Å²) < 4.78 is 11.6. The Balaban J connectivity index is 1.51. The molecule has 6 rings (SSSR count). The summed E-state index contributed by atoms with van der Waals surface area (Å²) >= 11 is 0. The number of hydrogen-bond donors (Lipinski definition) is 0. The molecular formula is C35H45N3O5. The fourth-order valence-corrected chi connectivity index (χ4v) is 10.8. The molecule has 8 atom stereocenters. The molecule has 1 aromatic heterocycles. The standard InChI is InChI=1S/C35H45N3O5/c1-20-37-38-29(43-20)35-13-11-30(3,4)17-23(35)27-24(40)15-26-31(5)16-22(18-36)28(41)32(6,19-42-21(2)39)25(31)9-10-33(26,7)34(27,8)12-14-35/h15-16,23,25,27H,9-14,17,19H2,1-8H3/t23?,25-,27?,31+,32+,33-,34-,35+/m1/s1. The van der Waals surface area contributed by atoms with Crippen LogP contribution in [-0.4, -0.2) is 34.3 Å². The molecule has 5 aliphatic carbocycles. The highest BCUT2D eigenvalue weighted by Gasteiger charge is 2.71. The molecule has 230 valence electrons. The molecular weight excluding hydrogens is 542 g/mol. The zero-order chi connectivity index (χ0) is 31.4. The number of ether oxygens (including phenoxy) is 1. The minimum Gasteiger partial charge on any atom is -0.465 e. The molecule has 0 N–H and O–H groups in total. The molecule has 0 aliphatic heterocycles. The van der Waals surface area contributed by atoms with Crippen LogP contribution >= 0.6 is 0 Å². The molecule has 0 amide bonds. The van der Waals surface area contributed by atoms with Crippen LogP contribution in [0.3, 0.4) is 0 Å². The van der Waals surface area contributed by atoms with Gasteiger partial charge in [-0.2, -0.15) is 5.26 Å². The molecule has 1 heterocycles. The Morgan fingerprint density at radius 2 is 1.77 bits per heavy atom. The van der Waals surface area contributed by atoms with Gasteiger partial charge in [0.1, 0.15) is 12.7 Å². The Morgan fingerprint density at radius 1 is 1.07 bits per heavy atom. The highest BCUT2D eigenvalue weighted by atomic mass is 16.5. The first-order valence-electron chi connectivity index (χ1n) is 15.9. The second-order valence-corrected chi connectivity index (χ2v) is 16.0. The number of Topliss-reactive ketones (excluding diaryl/α,β-unsaturated/α-hetero) is 1. The number of carbonyl (C=O) groups is 3. The highest BCUT2D eigenvalue weighted by molar-refractivity contribution is 6.05. The maximum Gasteiger partial charge on any atom is 0.302 e. The lowest BCUT2D eigenvalue weighted by Gasteiger charge is -2.68. The van der Waals surface area contributed by atoms with Crippen molar-refractivity contribution in [3.05, 3.63) is 35.1 Å². The Hall–Kier alpha value is -3.08. The van der Waals surface area contributed by atoms with Crippen LogP contribution in [0.5, 0.6) is 0 Å². The van der Waals surface area contributed by atoms with Gasteiger partial charge in [-0.15, -0.1) is 10.2 Å². The second kappa shape index (κ2) is 9.22. The predicted octanol–water partition coefficient (Wildman–Crippen LogP) is 6.39. The zero-order valence-electron chi connectivity index (χ0n) is 26.9. The van der Waals surface area contributed by atoms with E-state index in [9.17, 15) is 19.6 Å². The molecule has 2 unspecified atom stereocenters. The quantitative estimate of drug-likeness (QED) is 0.373. The van der Waals surface area contributed by atoms with Gasteiger partial charge in [0.05, 0.1) is 16.4 Å². The molecule has 43 heavy (non-hydrogen) atoms. The number of aryl methyl sites for hydroxylation is 1. The van der Waals surface area contributed by atoms with Gasteiger partial charge in [0.25, 0.3) is 0 Å². The van der Waals surface area contributed by atoms with Gasteiger partial charge in [0.2, 0.25) is 11.8 Å². The van der Waals surface area contributed by atoms with Crippen LogP contribution in [0.15, 0.2) is 27.7 Å². The third-order valence-electron chi connectivity index (χ3n) is 13.2. The zero-order valence-corrected chi connectivity index (χ0v) is 26.9. The maximum atomic E-state index is 14.7. The molecule has 0 aromatic carbocycles. The van der Waals surface area contributed by atoms with Crippen molar-refractivity contribution in [3.8, 4) is 6.07 Å². The molecule has 3 fully saturated rings. The number of nitriles is 1. The Labute approximate surface area is 254 Å². The summed E-state index contributed by atoms with van der Waals surface area (Å²) in [6, 6.07) is 2.15. The summed E-state index contributed by atoms with van der Waals surface area (Å²) in [7, 11) is 0. The van der Waals surface area contributed by atoms with Crippen molar-refractivity contribution < 1.29 is 23.5 Å². The third kappa shape index (κ3) is 3.88. The molecule has 5 aliphatic rings. The first kappa shape index (κ1) is 30.0. The normalized spacial score (nSPS) is 43.2. The summed E-state index contributed by atoms with van der Waals surface area (Å²) in [6.45, 7) is 16.3. The van der Waals surface area contributed by atoms with Gasteiger partial charge in [-0.25, -0.2) is 0 Å². The average molecular weight is 588 g/mol. The summed E-state index contributed by atoms with van der Waals surface area (Å²) in [6.07, 6.45) is 9.84. The monoisotopic (exact) mass is 587 g/mol. The van der Waals surface area contributed by atoms with Crippen molar-refractivity contribution in [1.82, 2.24) is 10.2 Å². The number of ketones is 2. The number of carbonyl (C=O) groups excluding carboxylic acids is 3. The van der Waals surface area contributed by atoms with E-state index in [4.69, 9.17) is 9.15 Å². The van der Waals surface area contributed by atoms with E-state index >= 15 is 0 Å². The number of esters is 1. The van der Waals surface area contributed by atoms with Gasteiger partial charge in [0, 0.05) is 25.2 Å². The Morgan fingerprint density at radius 3 is 2.40 bits per heavy atom. The predicted molar refractivity (Wildman–Crippen MR) is 158 cm³/mol. The summed E-state index contributed by atoms with van der Waals surface area (Å²) in [5.74, 6) is 0.276. The smallest absolute Gasteiger partial charge is 0.302 e. The van der Waals surface area contributed by atoms with Crippen LogP contribution < -0.4 is 0 Å². The fraction of sp³-hybridized carbons (Fsp3) is 0.714. The van der Waals surface area contributed by atoms with Gasteiger partial charge in [-0.05, 0) is 86.0 Å². The van der Waals surface area contributed by atoms with E-state index in [1.54, 1.807) is 0 Å². The molecule has 0 bridgehead atoms. The summed E-state index contributed by atoms with van der Waals surface area (Å²) in [4.78, 5) is 40.3. The molecule has 0 spiro atoms. The Kier molecular flexibility index (Phi) is 6.42. The van der Waals surface area contributed by atoms with Crippen LogP contribution in [0.4, 0.5) is 0 Å². The first-order chi connectivity index (χ1) is 20.0. The van der Waals surface area contributed by atoms with E-state index < -0.39 is 16.8 Å². The molecule has 0 radical (unpaired) electrons. The van der Waals surface area contributed by atoms with Crippen LogP contribution in [0.25, 0.3) is 0 Å². The van der Waals surface area contributed by atoms with E-state index in [1.807, 2.05) is 26.0 Å². The van der Waals surface area contributed by atoms with Gasteiger partial charge >= 0.3 is 5.97 Å². The van der Waals surface area contributed by atoms with E-state index in [-0.39, 0.29) is 63.2 Å². The lowest BCUT2D eigenvalue weighted by atomic mass is 9.34. The SMILES string of the molecule is CC(=O)OC[C@]1(C)C(=O)C(C#N)=C[C@]2(C)C3=CC(=O)C4C5CC(C)(C)CC[C@]5(c5nnc(C)o5)CC[C@@]4(C)[C@]3(C)CC[C@H]21. The van der Waals surface area contributed by atoms with Crippen molar-refractivity contribution in [1.29, 1.82) is 5.26 Å². The number of aromatic nitrogens is 2. The van der Waals surface area contributed by atoms with Crippen LogP contribution in [0.1, 0.15) is 105 Å². The average Bonchev–Trinajstić information content (AvgIpc) is 3.37. The number of nitrogens with zero attached hydrogens (tertiary/aromatic N) is 3. The van der Waals surface area contributed by atoms with Crippen LogP contribution in [0.2, 0.25) is 0 Å². The van der Waals surface area contributed by atoms with Crippen molar-refractivity contribution >= 4 is 17.5 Å². The molecule has 3 saturated carbocycles. The highest BCUT2D eigenvalue weighted by Crippen LogP contribution is 2.74. The summed E-state index contributed by atoms with van der Waals surface area (Å²) in [5.41, 5.74) is -1.59. The lowest BCUT2D eigenvalue weighted by Crippen LogP contribution is -2.66. The topological polar surface area (TPSA) is 123 Å². The minimum atomic E-state index is -1.06. The number of hydrogen-bond acceptors (Lipinski definition) is 8. The molecule has 8 nitrogen and oxygen atoms in total. The van der Waals surface area contributed by atoms with Gasteiger partial charge < -0.3 is 9.15 Å². The third-order valence-corrected chi connectivity index (χ3v) is 13.2. The number of fused-ring (bicyclic) bond motifs is 7. The lowest BCUT2D eigenvalue weighted by molar-refractivity contribution is -0.165. The van der Waals surface area contributed by atoms with Crippen LogP contribution in [0, 0.1) is 63.1 Å². The molecule has 8 heteroatoms. The van der Waals surface area contributed by atoms with Crippen molar-refractivity contribution in [3.63, 3.8) is 0 Å². The molecule has 0 saturated heterocycles. The van der Waals surface area contributed by atoms with Gasteiger partial charge in [0.15, 0.2) is 11.6 Å². The molecule has 1 aromatic rings. The first-order valence-corrected chi connectivity index (χ1v) is 15.9. The van der Waals surface area contributed by atoms with Crippen LogP contribution in [-0.2, 0) is 24.5 Å². The van der Waals surface area contributed by atoms with Crippen molar-refractivity contribution in [2.24, 2.45) is 44.8 Å². The number of allylic oxidation sites excluding steroid dienone is 4. The van der Waals surface area contributed by atoms with Gasteiger partial charge in [-0.3, -0.25) is 14.4 Å². The van der Waals surface area contributed by atoms with E-state index in [2.05, 4.69) is 50.9 Å². The van der Waals surface area contributed by atoms with E-state index in [1.165, 1.54) is 6.92 Å². The van der Waals surface area contributed by atoms with E-state index in [0.717, 1.165) is 50.5 Å². The number of rotatable bonds is 3. The van der Waals surface area contributed by atoms with E-state index in [0.29, 0.717) is 11.8 Å². The van der Waals surface area contributed by atoms with Gasteiger partial charge in [-0.1, -0.05) is 46.3 Å². The maximum absolute atomic E-state index is 14.7. The fourth-order valence-electron chi connectivity index (χ4n) is 10.8. The largest absolute Gasteiger partial charge is 0.465 e.